The molecule has 150 valence electrons. The van der Waals surface area contributed by atoms with E-state index in [4.69, 9.17) is 14.2 Å². The molecule has 1 aliphatic carbocycles. The molecule has 9 nitrogen and oxygen atoms in total. The second-order valence-electron chi connectivity index (χ2n) is 7.35. The number of rotatable bonds is 5. The molecule has 3 fully saturated rings. The molecule has 3 aliphatic rings. The van der Waals surface area contributed by atoms with Crippen molar-refractivity contribution in [1.29, 1.82) is 0 Å². The van der Waals surface area contributed by atoms with E-state index in [9.17, 15) is 20.1 Å². The summed E-state index contributed by atoms with van der Waals surface area (Å²) in [4.78, 5) is 12.6. The van der Waals surface area contributed by atoms with Crippen LogP contribution in [-0.2, 0) is 19.0 Å². The number of hydrogen-bond acceptors (Lipinski definition) is 9. The largest absolute Gasteiger partial charge is 0.390 e. The summed E-state index contributed by atoms with van der Waals surface area (Å²) in [5.41, 5.74) is 0. The van der Waals surface area contributed by atoms with E-state index in [-0.39, 0.29) is 12.5 Å². The van der Waals surface area contributed by atoms with Crippen LogP contribution in [0.2, 0.25) is 0 Å². The first kappa shape index (κ1) is 20.1. The average molecular weight is 374 g/mol. The molecule has 3 rings (SSSR count). The molecule has 0 bridgehead atoms. The first-order valence-corrected chi connectivity index (χ1v) is 9.32. The predicted octanol–water partition coefficient (Wildman–Crippen LogP) is -1.76. The van der Waals surface area contributed by atoms with Crippen LogP contribution in [0.4, 0.5) is 0 Å². The highest BCUT2D eigenvalue weighted by Gasteiger charge is 2.63. The highest BCUT2D eigenvalue weighted by molar-refractivity contribution is 5.87. The minimum absolute atomic E-state index is 0.0439. The Kier molecular flexibility index (Phi) is 6.00. The third-order valence-electron chi connectivity index (χ3n) is 5.71. The van der Waals surface area contributed by atoms with Gasteiger partial charge in [-0.25, -0.2) is 0 Å². The molecule has 2 heterocycles. The van der Waals surface area contributed by atoms with Gasteiger partial charge >= 0.3 is 0 Å². The van der Waals surface area contributed by atoms with Gasteiger partial charge in [-0.15, -0.1) is 0 Å². The summed E-state index contributed by atoms with van der Waals surface area (Å²) in [6, 6.07) is -1.30. The van der Waals surface area contributed by atoms with Gasteiger partial charge in [0.1, 0.15) is 18.3 Å². The van der Waals surface area contributed by atoms with Gasteiger partial charge in [-0.05, 0) is 20.5 Å². The van der Waals surface area contributed by atoms with Crippen LogP contribution in [-0.4, -0.2) is 89.9 Å². The van der Waals surface area contributed by atoms with Crippen LogP contribution >= 0.6 is 0 Å². The predicted molar refractivity (Wildman–Crippen MR) is 90.2 cm³/mol. The number of likely N-dealkylation sites (N-methyl/N-ethyl adjacent to an activating group) is 2. The zero-order valence-corrected chi connectivity index (χ0v) is 15.4. The quantitative estimate of drug-likeness (QED) is 0.380. The fourth-order valence-electron chi connectivity index (χ4n) is 4.19. The Balaban J connectivity index is 1.84. The molecule has 9 atom stereocenters. The monoisotopic (exact) mass is 374 g/mol. The van der Waals surface area contributed by atoms with E-state index in [1.807, 2.05) is 6.92 Å². The molecular formula is C17H30N2O7. The van der Waals surface area contributed by atoms with Crippen LogP contribution in [0.25, 0.3) is 0 Å². The number of unbranched alkanes of at least 4 members (excludes halogenated alkanes) is 1. The van der Waals surface area contributed by atoms with Crippen molar-refractivity contribution < 1.29 is 34.3 Å². The molecule has 2 saturated heterocycles. The van der Waals surface area contributed by atoms with Crippen molar-refractivity contribution in [1.82, 2.24) is 10.6 Å². The second kappa shape index (κ2) is 7.76. The molecule has 5 N–H and O–H groups in total. The van der Waals surface area contributed by atoms with E-state index in [2.05, 4.69) is 10.6 Å². The average Bonchev–Trinajstić information content (AvgIpc) is 2.61. The lowest BCUT2D eigenvalue weighted by Crippen LogP contribution is -2.77. The Hall–Kier alpha value is -0.650. The molecule has 9 heteroatoms. The number of fused-ring (bicyclic) bond motifs is 2. The van der Waals surface area contributed by atoms with Crippen molar-refractivity contribution in [2.75, 3.05) is 14.1 Å². The molecule has 0 amide bonds. The number of ether oxygens (including phenoxy) is 3. The summed E-state index contributed by atoms with van der Waals surface area (Å²) in [5, 5.41) is 37.8. The van der Waals surface area contributed by atoms with Crippen LogP contribution < -0.4 is 10.6 Å². The zero-order chi connectivity index (χ0) is 19.1. The highest BCUT2D eigenvalue weighted by atomic mass is 16.8. The lowest BCUT2D eigenvalue weighted by atomic mass is 9.80. The molecule has 1 saturated carbocycles. The molecule has 0 aromatic carbocycles. The number of hydrogen-bond donors (Lipinski definition) is 5. The Bertz CT molecular complexity index is 521. The lowest BCUT2D eigenvalue weighted by molar-refractivity contribution is -0.421. The Morgan fingerprint density at radius 2 is 1.81 bits per heavy atom. The minimum atomic E-state index is -2.23. The van der Waals surface area contributed by atoms with Crippen LogP contribution in [0, 0.1) is 0 Å². The maximum Gasteiger partial charge on any atom is 0.280 e. The fraction of sp³-hybridized carbons (Fsp3) is 0.941. The first-order chi connectivity index (χ1) is 12.4. The van der Waals surface area contributed by atoms with E-state index < -0.39 is 54.4 Å². The second-order valence-corrected chi connectivity index (χ2v) is 7.35. The molecule has 0 spiro atoms. The van der Waals surface area contributed by atoms with Crippen molar-refractivity contribution >= 4 is 5.78 Å². The van der Waals surface area contributed by atoms with E-state index in [1.165, 1.54) is 0 Å². The number of nitrogens with one attached hydrogen (secondary N) is 2. The summed E-state index contributed by atoms with van der Waals surface area (Å²) >= 11 is 0. The van der Waals surface area contributed by atoms with E-state index in [1.54, 1.807) is 14.1 Å². The molecule has 0 radical (unpaired) electrons. The van der Waals surface area contributed by atoms with Crippen molar-refractivity contribution in [2.45, 2.75) is 87.3 Å². The maximum absolute atomic E-state index is 12.6. The summed E-state index contributed by atoms with van der Waals surface area (Å²) in [6.45, 7) is 2.05. The topological polar surface area (TPSA) is 130 Å². The van der Waals surface area contributed by atoms with Gasteiger partial charge in [-0.3, -0.25) is 4.79 Å². The smallest absolute Gasteiger partial charge is 0.280 e. The van der Waals surface area contributed by atoms with Gasteiger partial charge in [0.25, 0.3) is 5.79 Å². The lowest BCUT2D eigenvalue weighted by Gasteiger charge is -2.55. The van der Waals surface area contributed by atoms with Gasteiger partial charge in [-0.1, -0.05) is 19.8 Å². The Morgan fingerprint density at radius 3 is 2.42 bits per heavy atom. The van der Waals surface area contributed by atoms with Crippen LogP contribution in [0.5, 0.6) is 0 Å². The molecule has 26 heavy (non-hydrogen) atoms. The number of aliphatic hydroxyl groups excluding tert-OH is 2. The van der Waals surface area contributed by atoms with E-state index in [0.29, 0.717) is 6.42 Å². The van der Waals surface area contributed by atoms with Crippen molar-refractivity contribution in [3.05, 3.63) is 0 Å². The number of ketones is 1. The van der Waals surface area contributed by atoms with Crippen LogP contribution in [0.15, 0.2) is 0 Å². The zero-order valence-electron chi connectivity index (χ0n) is 15.4. The van der Waals surface area contributed by atoms with Gasteiger partial charge in [0.15, 0.2) is 5.78 Å². The standard InChI is InChI=1S/C17H30N2O7/c1-4-5-6-8-7-9(20)17(23)16(24-8)25-15-13(22)10(18-2)12(21)11(19-3)14(15)26-17/h8,10-16,18-19,21-23H,4-7H2,1-3H3/t8?,10-,11+,12+,13+,14-,15-,16+,17+/m0/s1. The van der Waals surface area contributed by atoms with Gasteiger partial charge in [0.05, 0.1) is 24.3 Å². The molecular weight excluding hydrogens is 344 g/mol. The van der Waals surface area contributed by atoms with Gasteiger partial charge in [0.2, 0.25) is 6.29 Å². The molecule has 0 aromatic rings. The molecule has 1 unspecified atom stereocenters. The van der Waals surface area contributed by atoms with Crippen molar-refractivity contribution in [3.8, 4) is 0 Å². The van der Waals surface area contributed by atoms with E-state index in [0.717, 1.165) is 12.8 Å². The van der Waals surface area contributed by atoms with Gasteiger partial charge in [0, 0.05) is 6.42 Å². The summed E-state index contributed by atoms with van der Waals surface area (Å²) in [5.74, 6) is -2.73. The number of carbonyl (C=O) groups excluding carboxylic acids is 1. The maximum atomic E-state index is 12.6. The molecule has 0 aromatic heterocycles. The SMILES string of the molecule is CCCCC1CC(=O)[C@@]2(O)O[C@H]3[C@H](NC)[C@H](O)[C@H](NC)[C@@H](O)[C@@H]3O[C@H]2O1. The summed E-state index contributed by atoms with van der Waals surface area (Å²) in [6.07, 6.45) is -2.92. The Morgan fingerprint density at radius 1 is 1.12 bits per heavy atom. The first-order valence-electron chi connectivity index (χ1n) is 9.32. The van der Waals surface area contributed by atoms with Gasteiger partial charge in [-0.2, -0.15) is 0 Å². The highest BCUT2D eigenvalue weighted by Crippen LogP contribution is 2.40. The fourth-order valence-corrected chi connectivity index (χ4v) is 4.19. The summed E-state index contributed by atoms with van der Waals surface area (Å²) in [7, 11) is 3.26. The third kappa shape index (κ3) is 3.20. The minimum Gasteiger partial charge on any atom is -0.390 e. The molecule has 2 aliphatic heterocycles. The van der Waals surface area contributed by atoms with Crippen LogP contribution in [0.3, 0.4) is 0 Å². The van der Waals surface area contributed by atoms with Crippen LogP contribution in [0.1, 0.15) is 32.6 Å². The normalized spacial score (nSPS) is 48.8. The van der Waals surface area contributed by atoms with Gasteiger partial charge < -0.3 is 40.2 Å². The third-order valence-corrected chi connectivity index (χ3v) is 5.71. The van der Waals surface area contributed by atoms with Crippen molar-refractivity contribution in [3.63, 3.8) is 0 Å². The van der Waals surface area contributed by atoms with E-state index >= 15 is 0 Å². The number of aliphatic hydroxyl groups is 3. The van der Waals surface area contributed by atoms with Crippen molar-refractivity contribution in [2.24, 2.45) is 0 Å². The summed E-state index contributed by atoms with van der Waals surface area (Å²) < 4.78 is 17.4. The number of Topliss-reactive ketones (excluding diaryl/α,β-unsaturated/α-hetero) is 1. The number of carbonyl (C=O) groups is 1. The Labute approximate surface area is 153 Å².